The minimum Gasteiger partial charge on any atom is -0.319 e. The van der Waals surface area contributed by atoms with Gasteiger partial charge in [-0.1, -0.05) is 60.7 Å². The molecule has 0 radical (unpaired) electrons. The molecule has 144 valence electrons. The number of hydrogen-bond donors (Lipinski definition) is 0. The predicted octanol–water partition coefficient (Wildman–Crippen LogP) is 7.26. The first-order valence-corrected chi connectivity index (χ1v) is 10.7. The second kappa shape index (κ2) is 6.78. The summed E-state index contributed by atoms with van der Waals surface area (Å²) in [7, 11) is 0. The lowest BCUT2D eigenvalue weighted by Crippen LogP contribution is -2.02. The van der Waals surface area contributed by atoms with Crippen molar-refractivity contribution >= 4 is 42.5 Å². The minimum atomic E-state index is -0.183. The van der Waals surface area contributed by atoms with Gasteiger partial charge in [0.15, 0.2) is 0 Å². The van der Waals surface area contributed by atoms with Crippen LogP contribution in [0.25, 0.3) is 42.6 Å². The normalized spacial score (nSPS) is 11.6. The van der Waals surface area contributed by atoms with Gasteiger partial charge in [-0.3, -0.25) is 0 Å². The second-order valence-electron chi connectivity index (χ2n) is 7.39. The Balaban J connectivity index is 1.67. The highest BCUT2D eigenvalue weighted by atomic mass is 32.1. The zero-order chi connectivity index (χ0) is 20.1. The fourth-order valence-electron chi connectivity index (χ4n) is 4.17. The maximum Gasteiger partial charge on any atom is 0.142 e. The van der Waals surface area contributed by atoms with Crippen molar-refractivity contribution in [1.82, 2.24) is 9.55 Å². The van der Waals surface area contributed by atoms with Gasteiger partial charge in [-0.2, -0.15) is 0 Å². The Labute approximate surface area is 176 Å². The van der Waals surface area contributed by atoms with Crippen molar-refractivity contribution in [2.24, 2.45) is 0 Å². The third-order valence-electron chi connectivity index (χ3n) is 5.55. The maximum absolute atomic E-state index is 14.9. The Morgan fingerprint density at radius 2 is 1.57 bits per heavy atom. The van der Waals surface area contributed by atoms with E-state index in [1.54, 1.807) is 17.4 Å². The molecule has 6 rings (SSSR count). The average Bonchev–Trinajstić information content (AvgIpc) is 3.34. The first-order valence-electron chi connectivity index (χ1n) is 9.89. The van der Waals surface area contributed by atoms with Crippen molar-refractivity contribution in [3.8, 4) is 11.4 Å². The molecule has 0 aliphatic carbocycles. The molecule has 0 N–H and O–H groups in total. The molecule has 2 nitrogen and oxygen atoms in total. The third kappa shape index (κ3) is 2.65. The van der Waals surface area contributed by atoms with E-state index in [2.05, 4.69) is 41.0 Å². The number of rotatable bonds is 3. The molecule has 0 amide bonds. The Morgan fingerprint density at radius 3 is 2.47 bits per heavy atom. The summed E-state index contributed by atoms with van der Waals surface area (Å²) >= 11 is 1.63. The molecule has 0 aliphatic heterocycles. The molecule has 6 aromatic rings. The van der Waals surface area contributed by atoms with Gasteiger partial charge in [-0.05, 0) is 35.9 Å². The summed E-state index contributed by atoms with van der Waals surface area (Å²) in [4.78, 5) is 4.98. The zero-order valence-corrected chi connectivity index (χ0v) is 16.9. The number of para-hydroxylation sites is 2. The highest BCUT2D eigenvalue weighted by Gasteiger charge is 2.19. The molecule has 0 saturated heterocycles. The van der Waals surface area contributed by atoms with E-state index in [1.807, 2.05) is 48.5 Å². The van der Waals surface area contributed by atoms with Gasteiger partial charge in [-0.15, -0.1) is 11.3 Å². The average molecular weight is 409 g/mol. The van der Waals surface area contributed by atoms with Crippen LogP contribution in [-0.2, 0) is 6.54 Å². The number of halogens is 1. The molecule has 0 fully saturated rings. The lowest BCUT2D eigenvalue weighted by Gasteiger charge is -2.11. The van der Waals surface area contributed by atoms with Crippen molar-refractivity contribution in [1.29, 1.82) is 0 Å². The standard InChI is InChI=1S/C26H17FN2S/c27-20-15-14-19(25-24(20)18-10-4-7-13-23(18)30-25)26-28-21-11-5-6-12-22(21)29(26)16-17-8-2-1-3-9-17/h1-15H,16H2. The van der Waals surface area contributed by atoms with Gasteiger partial charge in [0.1, 0.15) is 11.6 Å². The summed E-state index contributed by atoms with van der Waals surface area (Å²) in [5.41, 5.74) is 4.20. The molecule has 0 atom stereocenters. The molecular formula is C26H17FN2S. The summed E-state index contributed by atoms with van der Waals surface area (Å²) in [6.45, 7) is 0.709. The molecular weight excluding hydrogens is 391 g/mol. The lowest BCUT2D eigenvalue weighted by molar-refractivity contribution is 0.641. The van der Waals surface area contributed by atoms with Gasteiger partial charge in [0.05, 0.1) is 11.0 Å². The molecule has 4 aromatic carbocycles. The van der Waals surface area contributed by atoms with Crippen LogP contribution >= 0.6 is 11.3 Å². The van der Waals surface area contributed by atoms with E-state index in [1.165, 1.54) is 5.56 Å². The van der Waals surface area contributed by atoms with Gasteiger partial charge in [0.25, 0.3) is 0 Å². The van der Waals surface area contributed by atoms with E-state index < -0.39 is 0 Å². The van der Waals surface area contributed by atoms with Crippen molar-refractivity contribution in [2.75, 3.05) is 0 Å². The molecule has 0 bridgehead atoms. The van der Waals surface area contributed by atoms with Crippen molar-refractivity contribution in [3.05, 3.63) is 102 Å². The Kier molecular flexibility index (Phi) is 3.93. The van der Waals surface area contributed by atoms with E-state index in [0.717, 1.165) is 37.2 Å². The molecule has 4 heteroatoms. The second-order valence-corrected chi connectivity index (χ2v) is 8.45. The van der Waals surface area contributed by atoms with Gasteiger partial charge in [0.2, 0.25) is 0 Å². The largest absolute Gasteiger partial charge is 0.319 e. The predicted molar refractivity (Wildman–Crippen MR) is 124 cm³/mol. The zero-order valence-electron chi connectivity index (χ0n) is 16.0. The van der Waals surface area contributed by atoms with E-state index in [-0.39, 0.29) is 5.82 Å². The van der Waals surface area contributed by atoms with Gasteiger partial charge >= 0.3 is 0 Å². The fourth-order valence-corrected chi connectivity index (χ4v) is 5.40. The van der Waals surface area contributed by atoms with Crippen molar-refractivity contribution in [2.45, 2.75) is 6.54 Å². The SMILES string of the molecule is Fc1ccc(-c2nc3ccccc3n2Cc2ccccc2)c2sc3ccccc3c12. The Hall–Kier alpha value is -3.50. The highest BCUT2D eigenvalue weighted by Crippen LogP contribution is 2.41. The quantitative estimate of drug-likeness (QED) is 0.301. The van der Waals surface area contributed by atoms with Crippen LogP contribution in [0.3, 0.4) is 0 Å². The van der Waals surface area contributed by atoms with Crippen molar-refractivity contribution < 1.29 is 4.39 Å². The van der Waals surface area contributed by atoms with Crippen LogP contribution in [0.1, 0.15) is 5.56 Å². The topological polar surface area (TPSA) is 17.8 Å². The number of benzene rings is 4. The summed E-state index contributed by atoms with van der Waals surface area (Å²) in [5.74, 6) is 0.688. The number of imidazole rings is 1. The van der Waals surface area contributed by atoms with Crippen LogP contribution in [0.4, 0.5) is 4.39 Å². The number of thiophene rings is 1. The molecule has 0 saturated carbocycles. The van der Waals surface area contributed by atoms with E-state index in [9.17, 15) is 4.39 Å². The Morgan fingerprint density at radius 1 is 0.800 bits per heavy atom. The number of hydrogen-bond acceptors (Lipinski definition) is 2. The molecule has 0 spiro atoms. The van der Waals surface area contributed by atoms with Crippen LogP contribution in [0.15, 0.2) is 91.0 Å². The summed E-state index contributed by atoms with van der Waals surface area (Å²) in [6, 6.07) is 30.0. The first-order chi connectivity index (χ1) is 14.8. The monoisotopic (exact) mass is 408 g/mol. The molecule has 2 heterocycles. The fraction of sp³-hybridized carbons (Fsp3) is 0.0385. The summed E-state index contributed by atoms with van der Waals surface area (Å²) in [6.07, 6.45) is 0. The number of aromatic nitrogens is 2. The molecule has 0 aliphatic rings. The summed E-state index contributed by atoms with van der Waals surface area (Å²) < 4.78 is 19.1. The third-order valence-corrected chi connectivity index (χ3v) is 6.76. The van der Waals surface area contributed by atoms with Crippen molar-refractivity contribution in [3.63, 3.8) is 0 Å². The van der Waals surface area contributed by atoms with Crippen LogP contribution < -0.4 is 0 Å². The maximum atomic E-state index is 14.9. The van der Waals surface area contributed by atoms with Crippen LogP contribution in [0.5, 0.6) is 0 Å². The lowest BCUT2D eigenvalue weighted by atomic mass is 10.1. The van der Waals surface area contributed by atoms with Crippen LogP contribution in [0, 0.1) is 5.82 Å². The Bertz CT molecular complexity index is 1530. The minimum absolute atomic E-state index is 0.183. The molecule has 2 aromatic heterocycles. The number of nitrogens with zero attached hydrogens (tertiary/aromatic N) is 2. The highest BCUT2D eigenvalue weighted by molar-refractivity contribution is 7.26. The van der Waals surface area contributed by atoms with E-state index >= 15 is 0 Å². The molecule has 0 unspecified atom stereocenters. The van der Waals surface area contributed by atoms with Crippen LogP contribution in [0.2, 0.25) is 0 Å². The van der Waals surface area contributed by atoms with Gasteiger partial charge < -0.3 is 4.57 Å². The smallest absolute Gasteiger partial charge is 0.142 e. The van der Waals surface area contributed by atoms with E-state index in [4.69, 9.17) is 4.98 Å². The summed E-state index contributed by atoms with van der Waals surface area (Å²) in [5, 5.41) is 1.65. The number of fused-ring (bicyclic) bond motifs is 4. The first kappa shape index (κ1) is 17.4. The van der Waals surface area contributed by atoms with Gasteiger partial charge in [0, 0.05) is 32.3 Å². The molecule has 30 heavy (non-hydrogen) atoms. The van der Waals surface area contributed by atoms with Gasteiger partial charge in [-0.25, -0.2) is 9.37 Å². The van der Waals surface area contributed by atoms with Crippen LogP contribution in [-0.4, -0.2) is 9.55 Å². The van der Waals surface area contributed by atoms with E-state index in [0.29, 0.717) is 11.9 Å².